The Balaban J connectivity index is 1.43. The molecule has 0 saturated carbocycles. The van der Waals surface area contributed by atoms with E-state index < -0.39 is 11.4 Å². The number of rotatable bonds is 9. The maximum absolute atomic E-state index is 11.5. The van der Waals surface area contributed by atoms with E-state index in [2.05, 4.69) is 67.0 Å². The van der Waals surface area contributed by atoms with Crippen molar-refractivity contribution >= 4 is 51.1 Å². The van der Waals surface area contributed by atoms with E-state index in [1.165, 1.54) is 5.56 Å². The van der Waals surface area contributed by atoms with Gasteiger partial charge >= 0.3 is 0 Å². The molecule has 1 atom stereocenters. The molecule has 0 radical (unpaired) electrons. The minimum Gasteiger partial charge on any atom is -0.598 e. The van der Waals surface area contributed by atoms with E-state index in [-0.39, 0.29) is 17.8 Å². The van der Waals surface area contributed by atoms with E-state index in [0.29, 0.717) is 35.5 Å². The Morgan fingerprint density at radius 3 is 2.73 bits per heavy atom. The van der Waals surface area contributed by atoms with Crippen LogP contribution in [0.2, 0.25) is 5.15 Å². The van der Waals surface area contributed by atoms with Crippen LogP contribution in [-0.2, 0) is 17.9 Å². The first-order valence-electron chi connectivity index (χ1n) is 12.0. The zero-order valence-corrected chi connectivity index (χ0v) is 22.4. The van der Waals surface area contributed by atoms with Crippen LogP contribution in [0.3, 0.4) is 0 Å². The van der Waals surface area contributed by atoms with Crippen molar-refractivity contribution in [3.63, 3.8) is 0 Å². The Bertz CT molecular complexity index is 1410. The maximum Gasteiger partial charge on any atom is 0.166 e. The molecule has 4 aromatic rings. The zero-order chi connectivity index (χ0) is 26.1. The molecule has 194 valence electrons. The standard InChI is InChI=1S/C25H29ClN8O2S/c1-15(2)17-4-5-21(33-12-16(13-33)32-37(3)36)19-11-28-23(10-18(17)19)29-22-6-7-27-25(30-22)20-14-34(8-9-35)31-24(20)26/h4-7,10-11,14-16,32,35H,8-9,12-13H2,1-3H3,(H,27,28,29,30). The van der Waals surface area contributed by atoms with Gasteiger partial charge in [-0.1, -0.05) is 31.5 Å². The van der Waals surface area contributed by atoms with Gasteiger partial charge in [-0.2, -0.15) is 5.10 Å². The molecule has 37 heavy (non-hydrogen) atoms. The Morgan fingerprint density at radius 2 is 2.00 bits per heavy atom. The van der Waals surface area contributed by atoms with E-state index in [9.17, 15) is 4.55 Å². The lowest BCUT2D eigenvalue weighted by molar-refractivity contribution is 0.269. The second kappa shape index (κ2) is 10.8. The highest BCUT2D eigenvalue weighted by atomic mass is 35.5. The number of benzene rings is 1. The van der Waals surface area contributed by atoms with Crippen molar-refractivity contribution in [2.75, 3.05) is 36.2 Å². The summed E-state index contributed by atoms with van der Waals surface area (Å²) in [6, 6.07) is 8.38. The van der Waals surface area contributed by atoms with Crippen molar-refractivity contribution in [2.45, 2.75) is 32.4 Å². The van der Waals surface area contributed by atoms with Crippen LogP contribution < -0.4 is 14.9 Å². The number of hydrogen-bond donors (Lipinski definition) is 3. The van der Waals surface area contributed by atoms with Crippen molar-refractivity contribution in [2.24, 2.45) is 0 Å². The largest absolute Gasteiger partial charge is 0.598 e. The van der Waals surface area contributed by atoms with Crippen molar-refractivity contribution in [3.05, 3.63) is 53.6 Å². The quantitative estimate of drug-likeness (QED) is 0.273. The summed E-state index contributed by atoms with van der Waals surface area (Å²) in [4.78, 5) is 15.9. The molecule has 4 heterocycles. The highest BCUT2D eigenvalue weighted by Crippen LogP contribution is 2.36. The Morgan fingerprint density at radius 1 is 1.19 bits per heavy atom. The van der Waals surface area contributed by atoms with E-state index in [0.717, 1.165) is 29.5 Å². The van der Waals surface area contributed by atoms with Gasteiger partial charge in [-0.25, -0.2) is 15.0 Å². The van der Waals surface area contributed by atoms with E-state index in [4.69, 9.17) is 16.7 Å². The molecule has 0 spiro atoms. The highest BCUT2D eigenvalue weighted by molar-refractivity contribution is 7.88. The molecule has 1 saturated heterocycles. The second-order valence-electron chi connectivity index (χ2n) is 9.33. The van der Waals surface area contributed by atoms with Crippen LogP contribution in [0.25, 0.3) is 22.2 Å². The summed E-state index contributed by atoms with van der Waals surface area (Å²) in [7, 11) is 0. The SMILES string of the molecule is CC(C)c1ccc(N2CC(N[S+](C)[O-])C2)c2cnc(Nc3ccnc(-c4cn(CCO)nc4Cl)n3)cc12. The number of aliphatic hydroxyl groups excluding tert-OH is 1. The minimum absolute atomic E-state index is 0.0392. The normalized spacial score (nSPS) is 14.8. The lowest BCUT2D eigenvalue weighted by Gasteiger charge is -2.41. The van der Waals surface area contributed by atoms with Gasteiger partial charge in [0.05, 0.1) is 24.8 Å². The molecule has 1 aliphatic heterocycles. The van der Waals surface area contributed by atoms with Crippen LogP contribution in [0, 0.1) is 0 Å². The smallest absolute Gasteiger partial charge is 0.166 e. The lowest BCUT2D eigenvalue weighted by Crippen LogP contribution is -2.59. The van der Waals surface area contributed by atoms with E-state index >= 15 is 0 Å². The molecule has 1 unspecified atom stereocenters. The number of aromatic nitrogens is 5. The van der Waals surface area contributed by atoms with Crippen LogP contribution in [0.5, 0.6) is 0 Å². The minimum atomic E-state index is -1.02. The molecule has 0 amide bonds. The van der Waals surface area contributed by atoms with Gasteiger partial charge in [0.15, 0.2) is 11.0 Å². The number of nitrogens with one attached hydrogen (secondary N) is 2. The van der Waals surface area contributed by atoms with Crippen molar-refractivity contribution in [1.29, 1.82) is 0 Å². The molecule has 0 bridgehead atoms. The van der Waals surface area contributed by atoms with Gasteiger partial charge in [0, 0.05) is 54.1 Å². The number of anilines is 3. The summed E-state index contributed by atoms with van der Waals surface area (Å²) in [5, 5.41) is 19.1. The molecular weight excluding hydrogens is 512 g/mol. The second-order valence-corrected chi connectivity index (χ2v) is 10.8. The summed E-state index contributed by atoms with van der Waals surface area (Å²) in [5.41, 5.74) is 2.95. The fourth-order valence-electron chi connectivity index (χ4n) is 4.53. The van der Waals surface area contributed by atoms with Gasteiger partial charge in [-0.05, 0) is 35.1 Å². The molecule has 0 aliphatic carbocycles. The molecule has 1 aliphatic rings. The summed E-state index contributed by atoms with van der Waals surface area (Å²) in [6.45, 7) is 6.26. The summed E-state index contributed by atoms with van der Waals surface area (Å²) in [5.74, 6) is 2.01. The Hall–Kier alpha value is -2.96. The average Bonchev–Trinajstić information content (AvgIpc) is 3.20. The van der Waals surface area contributed by atoms with Gasteiger partial charge in [0.2, 0.25) is 0 Å². The highest BCUT2D eigenvalue weighted by Gasteiger charge is 2.30. The van der Waals surface area contributed by atoms with Crippen molar-refractivity contribution in [3.8, 4) is 11.4 Å². The number of hydrogen-bond acceptors (Lipinski definition) is 9. The van der Waals surface area contributed by atoms with Gasteiger partial charge in [0.25, 0.3) is 0 Å². The molecule has 3 aromatic heterocycles. The van der Waals surface area contributed by atoms with Crippen molar-refractivity contribution < 1.29 is 9.66 Å². The molecule has 3 N–H and O–H groups in total. The third-order valence-electron chi connectivity index (χ3n) is 6.29. The molecule has 12 heteroatoms. The predicted molar refractivity (Wildman–Crippen MR) is 148 cm³/mol. The first kappa shape index (κ1) is 25.7. The number of fused-ring (bicyclic) bond motifs is 1. The summed E-state index contributed by atoms with van der Waals surface area (Å²) < 4.78 is 16.1. The van der Waals surface area contributed by atoms with Crippen LogP contribution >= 0.6 is 11.6 Å². The fourth-order valence-corrected chi connectivity index (χ4v) is 5.38. The molecule has 5 rings (SSSR count). The third kappa shape index (κ3) is 5.51. The zero-order valence-electron chi connectivity index (χ0n) is 20.8. The van der Waals surface area contributed by atoms with Crippen LogP contribution in [0.4, 0.5) is 17.3 Å². The molecule has 1 aromatic carbocycles. The van der Waals surface area contributed by atoms with Crippen LogP contribution in [0.1, 0.15) is 25.3 Å². The molecule has 1 fully saturated rings. The first-order valence-corrected chi connectivity index (χ1v) is 14.0. The number of pyridine rings is 1. The molecule has 10 nitrogen and oxygen atoms in total. The van der Waals surface area contributed by atoms with Gasteiger partial charge < -0.3 is 19.9 Å². The number of halogens is 1. The lowest BCUT2D eigenvalue weighted by atomic mass is 9.94. The summed E-state index contributed by atoms with van der Waals surface area (Å²) >= 11 is 5.26. The van der Waals surface area contributed by atoms with Gasteiger partial charge in [0.1, 0.15) is 17.9 Å². The van der Waals surface area contributed by atoms with Crippen LogP contribution in [-0.4, -0.2) is 66.4 Å². The third-order valence-corrected chi connectivity index (χ3v) is 7.23. The van der Waals surface area contributed by atoms with Gasteiger partial charge in [-0.15, -0.1) is 4.72 Å². The van der Waals surface area contributed by atoms with E-state index in [1.54, 1.807) is 29.4 Å². The average molecular weight is 541 g/mol. The maximum atomic E-state index is 11.5. The Labute approximate surface area is 223 Å². The van der Waals surface area contributed by atoms with Crippen LogP contribution in [0.15, 0.2) is 42.9 Å². The number of nitrogens with zero attached hydrogens (tertiary/aromatic N) is 6. The Kier molecular flexibility index (Phi) is 7.50. The van der Waals surface area contributed by atoms with E-state index in [1.807, 2.05) is 6.20 Å². The predicted octanol–water partition coefficient (Wildman–Crippen LogP) is 3.47. The summed E-state index contributed by atoms with van der Waals surface area (Å²) in [6.07, 6.45) is 6.93. The van der Waals surface area contributed by atoms with Crippen molar-refractivity contribution in [1.82, 2.24) is 29.5 Å². The monoisotopic (exact) mass is 540 g/mol. The van der Waals surface area contributed by atoms with Gasteiger partial charge in [-0.3, -0.25) is 4.68 Å². The number of aliphatic hydroxyl groups is 1. The molecular formula is C25H29ClN8O2S. The first-order chi connectivity index (χ1) is 17.8. The fraction of sp³-hybridized carbons (Fsp3) is 0.360. The topological polar surface area (TPSA) is 127 Å².